The Bertz CT molecular complexity index is 1020. The Morgan fingerprint density at radius 2 is 2.00 bits per heavy atom. The van der Waals surface area contributed by atoms with E-state index in [9.17, 15) is 9.18 Å². The monoisotopic (exact) mass is 349 g/mol. The topological polar surface area (TPSA) is 47.8 Å². The minimum atomic E-state index is -0.434. The summed E-state index contributed by atoms with van der Waals surface area (Å²) in [5.41, 5.74) is 5.57. The second-order valence-corrected chi connectivity index (χ2v) is 7.00. The van der Waals surface area contributed by atoms with Crippen LogP contribution in [0.15, 0.2) is 47.5 Å². The summed E-state index contributed by atoms with van der Waals surface area (Å²) in [7, 11) is 0. The highest BCUT2D eigenvalue weighted by Crippen LogP contribution is 2.33. The van der Waals surface area contributed by atoms with Crippen molar-refractivity contribution in [3.05, 3.63) is 86.7 Å². The van der Waals surface area contributed by atoms with Crippen molar-refractivity contribution < 1.29 is 4.39 Å². The highest BCUT2D eigenvalue weighted by Gasteiger charge is 2.24. The summed E-state index contributed by atoms with van der Waals surface area (Å²) in [5, 5.41) is 4.28. The molecule has 0 N–H and O–H groups in total. The van der Waals surface area contributed by atoms with E-state index in [1.54, 1.807) is 6.20 Å². The average Bonchev–Trinajstić information content (AvgIpc) is 2.63. The van der Waals surface area contributed by atoms with Gasteiger partial charge in [0.15, 0.2) is 5.82 Å². The van der Waals surface area contributed by atoms with Crippen LogP contribution in [0.5, 0.6) is 0 Å². The lowest BCUT2D eigenvalue weighted by molar-refractivity contribution is 0.564. The molecule has 0 radical (unpaired) electrons. The number of halogens is 1. The Kier molecular flexibility index (Phi) is 4.15. The van der Waals surface area contributed by atoms with Crippen LogP contribution in [0.1, 0.15) is 40.2 Å². The Hall–Kier alpha value is -2.82. The number of hydrogen-bond donors (Lipinski definition) is 0. The number of benzene rings is 1. The first kappa shape index (κ1) is 16.6. The lowest BCUT2D eigenvalue weighted by Gasteiger charge is -2.26. The van der Waals surface area contributed by atoms with E-state index in [4.69, 9.17) is 0 Å². The van der Waals surface area contributed by atoms with Gasteiger partial charge >= 0.3 is 0 Å². The first-order chi connectivity index (χ1) is 12.5. The van der Waals surface area contributed by atoms with Gasteiger partial charge in [0.1, 0.15) is 5.82 Å². The summed E-state index contributed by atoms with van der Waals surface area (Å²) in [6.07, 6.45) is 5.33. The van der Waals surface area contributed by atoms with Crippen LogP contribution in [-0.2, 0) is 12.8 Å². The summed E-state index contributed by atoms with van der Waals surface area (Å²) < 4.78 is 14.3. The zero-order valence-corrected chi connectivity index (χ0v) is 14.9. The zero-order valence-electron chi connectivity index (χ0n) is 14.9. The third kappa shape index (κ3) is 2.94. The van der Waals surface area contributed by atoms with Gasteiger partial charge in [0.05, 0.1) is 12.4 Å². The summed E-state index contributed by atoms with van der Waals surface area (Å²) >= 11 is 0. The molecule has 26 heavy (non-hydrogen) atoms. The third-order valence-electron chi connectivity index (χ3n) is 5.17. The van der Waals surface area contributed by atoms with Gasteiger partial charge in [-0.3, -0.25) is 4.79 Å². The SMILES string of the molecule is Cc1ccc(C2CCc3c(cnn(-c4ccc(F)cn4)c3=O)C2)c(C)c1. The molecule has 1 aromatic carbocycles. The molecule has 1 unspecified atom stereocenters. The standard InChI is InChI=1S/C21H20FN3O/c1-13-3-6-18(14(2)9-13)15-4-7-19-16(10-15)11-24-25(21(19)26)20-8-5-17(22)12-23-20/h3,5-6,8-9,11-12,15H,4,7,10H2,1-2H3. The van der Waals surface area contributed by atoms with Crippen LogP contribution in [-0.4, -0.2) is 14.8 Å². The van der Waals surface area contributed by atoms with E-state index in [2.05, 4.69) is 42.1 Å². The normalized spacial score (nSPS) is 16.3. The van der Waals surface area contributed by atoms with Gasteiger partial charge in [-0.05, 0) is 67.9 Å². The molecule has 4 rings (SSSR count). The maximum Gasteiger partial charge on any atom is 0.276 e. The van der Waals surface area contributed by atoms with Gasteiger partial charge in [0.2, 0.25) is 0 Å². The Morgan fingerprint density at radius 1 is 1.15 bits per heavy atom. The minimum Gasteiger partial charge on any atom is -0.267 e. The van der Waals surface area contributed by atoms with E-state index in [0.717, 1.165) is 36.6 Å². The van der Waals surface area contributed by atoms with Crippen molar-refractivity contribution in [1.82, 2.24) is 14.8 Å². The fraction of sp³-hybridized carbons (Fsp3) is 0.286. The maximum atomic E-state index is 13.1. The lowest BCUT2D eigenvalue weighted by atomic mass is 9.79. The molecule has 0 aliphatic heterocycles. The van der Waals surface area contributed by atoms with Crippen molar-refractivity contribution in [3.8, 4) is 5.82 Å². The molecular weight excluding hydrogens is 329 g/mol. The summed E-state index contributed by atoms with van der Waals surface area (Å²) in [6.45, 7) is 4.25. The van der Waals surface area contributed by atoms with Crippen molar-refractivity contribution in [3.63, 3.8) is 0 Å². The quantitative estimate of drug-likeness (QED) is 0.709. The van der Waals surface area contributed by atoms with Crippen LogP contribution >= 0.6 is 0 Å². The van der Waals surface area contributed by atoms with Crippen LogP contribution in [0.3, 0.4) is 0 Å². The number of aryl methyl sites for hydroxylation is 2. The van der Waals surface area contributed by atoms with Crippen molar-refractivity contribution in [2.24, 2.45) is 0 Å². The van der Waals surface area contributed by atoms with Crippen LogP contribution in [0.2, 0.25) is 0 Å². The molecule has 1 aliphatic rings. The number of hydrogen-bond acceptors (Lipinski definition) is 3. The van der Waals surface area contributed by atoms with Crippen molar-refractivity contribution in [1.29, 1.82) is 0 Å². The molecule has 1 aliphatic carbocycles. The minimum absolute atomic E-state index is 0.152. The number of aromatic nitrogens is 3. The van der Waals surface area contributed by atoms with E-state index in [1.165, 1.54) is 33.5 Å². The highest BCUT2D eigenvalue weighted by molar-refractivity contribution is 5.37. The van der Waals surface area contributed by atoms with Crippen molar-refractivity contribution in [2.75, 3.05) is 0 Å². The van der Waals surface area contributed by atoms with Gasteiger partial charge in [-0.1, -0.05) is 23.8 Å². The molecule has 0 amide bonds. The molecule has 5 heteroatoms. The molecule has 1 atom stereocenters. The molecule has 3 aromatic rings. The summed E-state index contributed by atoms with van der Waals surface area (Å²) in [6, 6.07) is 9.32. The largest absolute Gasteiger partial charge is 0.276 e. The Labute approximate surface area is 151 Å². The van der Waals surface area contributed by atoms with Crippen LogP contribution in [0.4, 0.5) is 4.39 Å². The van der Waals surface area contributed by atoms with E-state index >= 15 is 0 Å². The second kappa shape index (κ2) is 6.48. The fourth-order valence-electron chi connectivity index (χ4n) is 3.86. The maximum absolute atomic E-state index is 13.1. The van der Waals surface area contributed by atoms with Gasteiger partial charge in [-0.2, -0.15) is 9.78 Å². The molecule has 0 spiro atoms. The van der Waals surface area contributed by atoms with Gasteiger partial charge < -0.3 is 0 Å². The highest BCUT2D eigenvalue weighted by atomic mass is 19.1. The molecule has 4 nitrogen and oxygen atoms in total. The fourth-order valence-corrected chi connectivity index (χ4v) is 3.86. The van der Waals surface area contributed by atoms with Crippen molar-refractivity contribution in [2.45, 2.75) is 39.0 Å². The molecule has 0 fully saturated rings. The van der Waals surface area contributed by atoms with E-state index in [1.807, 2.05) is 0 Å². The van der Waals surface area contributed by atoms with Crippen LogP contribution < -0.4 is 5.56 Å². The molecule has 0 saturated heterocycles. The Morgan fingerprint density at radius 3 is 2.73 bits per heavy atom. The molecule has 0 saturated carbocycles. The van der Waals surface area contributed by atoms with Gasteiger partial charge in [-0.15, -0.1) is 0 Å². The van der Waals surface area contributed by atoms with Gasteiger partial charge in [0, 0.05) is 5.56 Å². The van der Waals surface area contributed by atoms with Gasteiger partial charge in [-0.25, -0.2) is 9.37 Å². The summed E-state index contributed by atoms with van der Waals surface area (Å²) in [4.78, 5) is 16.8. The first-order valence-corrected chi connectivity index (χ1v) is 8.82. The van der Waals surface area contributed by atoms with E-state index in [0.29, 0.717) is 11.7 Å². The molecule has 2 heterocycles. The zero-order chi connectivity index (χ0) is 18.3. The second-order valence-electron chi connectivity index (χ2n) is 7.00. The van der Waals surface area contributed by atoms with Crippen LogP contribution in [0, 0.1) is 19.7 Å². The number of pyridine rings is 1. The first-order valence-electron chi connectivity index (χ1n) is 8.82. The molecule has 2 aromatic heterocycles. The smallest absolute Gasteiger partial charge is 0.267 e. The number of nitrogens with zero attached hydrogens (tertiary/aromatic N) is 3. The predicted octanol–water partition coefficient (Wildman–Crippen LogP) is 3.66. The van der Waals surface area contributed by atoms with E-state index < -0.39 is 5.82 Å². The molecule has 0 bridgehead atoms. The molecule has 132 valence electrons. The summed E-state index contributed by atoms with van der Waals surface area (Å²) in [5.74, 6) is 0.316. The van der Waals surface area contributed by atoms with Gasteiger partial charge in [0.25, 0.3) is 5.56 Å². The lowest BCUT2D eigenvalue weighted by Crippen LogP contribution is -2.30. The third-order valence-corrected chi connectivity index (χ3v) is 5.17. The van der Waals surface area contributed by atoms with E-state index in [-0.39, 0.29) is 5.56 Å². The Balaban J connectivity index is 1.68. The number of rotatable bonds is 2. The average molecular weight is 349 g/mol. The number of fused-ring (bicyclic) bond motifs is 1. The molecular formula is C21H20FN3O. The van der Waals surface area contributed by atoms with Crippen molar-refractivity contribution >= 4 is 0 Å². The van der Waals surface area contributed by atoms with Crippen LogP contribution in [0.25, 0.3) is 5.82 Å². The predicted molar refractivity (Wildman–Crippen MR) is 98.3 cm³/mol.